The van der Waals surface area contributed by atoms with Crippen molar-refractivity contribution in [1.82, 2.24) is 9.97 Å². The highest BCUT2D eigenvalue weighted by atomic mass is 35.5. The molecule has 0 amide bonds. The number of nitriles is 1. The second-order valence-electron chi connectivity index (χ2n) is 5.67. The van der Waals surface area contributed by atoms with Gasteiger partial charge in [-0.3, -0.25) is 0 Å². The van der Waals surface area contributed by atoms with E-state index in [0.717, 1.165) is 5.56 Å². The van der Waals surface area contributed by atoms with Crippen molar-refractivity contribution < 1.29 is 9.47 Å². The van der Waals surface area contributed by atoms with Crippen LogP contribution in [0, 0.1) is 11.3 Å². The number of anilines is 2. The smallest absolute Gasteiger partial charge is 0.222 e. The summed E-state index contributed by atoms with van der Waals surface area (Å²) in [6, 6.07) is 12.5. The van der Waals surface area contributed by atoms with E-state index in [1.54, 1.807) is 18.2 Å². The quantitative estimate of drug-likeness (QED) is 0.643. The van der Waals surface area contributed by atoms with Crippen LogP contribution in [0.2, 0.25) is 10.0 Å². The number of nitrogen functional groups attached to an aromatic ring is 2. The molecule has 0 aliphatic heterocycles. The number of nitrogens with two attached hydrogens (primary N) is 2. The number of rotatable bonds is 5. The Hall–Kier alpha value is -3.21. The van der Waals surface area contributed by atoms with Crippen LogP contribution in [0.4, 0.5) is 11.8 Å². The van der Waals surface area contributed by atoms with Gasteiger partial charge >= 0.3 is 0 Å². The molecule has 0 atom stereocenters. The molecule has 0 spiro atoms. The van der Waals surface area contributed by atoms with Crippen molar-refractivity contribution in [3.63, 3.8) is 0 Å². The molecule has 0 saturated carbocycles. The lowest BCUT2D eigenvalue weighted by Crippen LogP contribution is -2.05. The summed E-state index contributed by atoms with van der Waals surface area (Å²) >= 11 is 12.6. The number of nitrogens with zero attached hydrogens (tertiary/aromatic N) is 3. The van der Waals surface area contributed by atoms with Crippen molar-refractivity contribution in [3.05, 3.63) is 57.6 Å². The fraction of sp³-hybridized carbons (Fsp3) is 0.105. The summed E-state index contributed by atoms with van der Waals surface area (Å²) in [5, 5.41) is 10.2. The van der Waals surface area contributed by atoms with Crippen LogP contribution in [-0.4, -0.2) is 17.1 Å². The number of hydrogen-bond donors (Lipinski definition) is 2. The monoisotopic (exact) mass is 415 g/mol. The number of hydrogen-bond acceptors (Lipinski definition) is 7. The lowest BCUT2D eigenvalue weighted by atomic mass is 10.1. The van der Waals surface area contributed by atoms with Crippen molar-refractivity contribution >= 4 is 35.0 Å². The van der Waals surface area contributed by atoms with Crippen molar-refractivity contribution in [2.45, 2.75) is 6.61 Å². The van der Waals surface area contributed by atoms with Gasteiger partial charge in [-0.1, -0.05) is 41.4 Å². The standard InChI is InChI=1S/C19H15Cl2N5O2/c1-27-15-7-11(16-12(8-22)18(23)26-19(24)25-16)6-14(21)17(15)28-9-10-4-2-3-5-13(10)20/h2-7H,9H2,1H3,(H4,23,24,25,26). The first-order valence-corrected chi connectivity index (χ1v) is 8.77. The fourth-order valence-corrected chi connectivity index (χ4v) is 3.03. The molecular weight excluding hydrogens is 401 g/mol. The Kier molecular flexibility index (Phi) is 5.73. The van der Waals surface area contributed by atoms with Gasteiger partial charge in [-0.25, -0.2) is 4.98 Å². The highest BCUT2D eigenvalue weighted by Crippen LogP contribution is 2.40. The number of aromatic nitrogens is 2. The van der Waals surface area contributed by atoms with E-state index < -0.39 is 0 Å². The second kappa shape index (κ2) is 8.21. The molecule has 0 bridgehead atoms. The molecule has 0 aliphatic rings. The molecule has 7 nitrogen and oxygen atoms in total. The van der Waals surface area contributed by atoms with Gasteiger partial charge in [-0.05, 0) is 18.2 Å². The third-order valence-electron chi connectivity index (χ3n) is 3.90. The molecule has 0 unspecified atom stereocenters. The Morgan fingerprint density at radius 2 is 1.86 bits per heavy atom. The number of methoxy groups -OCH3 is 1. The van der Waals surface area contributed by atoms with E-state index in [9.17, 15) is 5.26 Å². The zero-order valence-corrected chi connectivity index (χ0v) is 16.3. The van der Waals surface area contributed by atoms with Crippen LogP contribution in [0.15, 0.2) is 36.4 Å². The molecular formula is C19H15Cl2N5O2. The minimum absolute atomic E-state index is 0.0147. The van der Waals surface area contributed by atoms with Crippen molar-refractivity contribution in [3.8, 4) is 28.8 Å². The maximum Gasteiger partial charge on any atom is 0.222 e. The SMILES string of the molecule is COc1cc(-c2nc(N)nc(N)c2C#N)cc(Cl)c1OCc1ccccc1Cl. The third kappa shape index (κ3) is 3.88. The zero-order chi connectivity index (χ0) is 20.3. The molecule has 3 aromatic rings. The van der Waals surface area contributed by atoms with Crippen molar-refractivity contribution in [1.29, 1.82) is 5.26 Å². The number of halogens is 2. The van der Waals surface area contributed by atoms with Crippen molar-refractivity contribution in [2.75, 3.05) is 18.6 Å². The molecule has 0 radical (unpaired) electrons. The van der Waals surface area contributed by atoms with Crippen LogP contribution in [0.1, 0.15) is 11.1 Å². The van der Waals surface area contributed by atoms with Crippen LogP contribution >= 0.6 is 23.2 Å². The Morgan fingerprint density at radius 3 is 2.54 bits per heavy atom. The molecule has 3 rings (SSSR count). The van der Waals surface area contributed by atoms with Crippen LogP contribution in [0.5, 0.6) is 11.5 Å². The number of benzene rings is 2. The molecule has 9 heteroatoms. The van der Waals surface area contributed by atoms with Gasteiger partial charge in [-0.15, -0.1) is 0 Å². The summed E-state index contributed by atoms with van der Waals surface area (Å²) in [7, 11) is 1.48. The maximum atomic E-state index is 9.39. The summed E-state index contributed by atoms with van der Waals surface area (Å²) < 4.78 is 11.2. The molecule has 4 N–H and O–H groups in total. The largest absolute Gasteiger partial charge is 0.493 e. The van der Waals surface area contributed by atoms with Gasteiger partial charge < -0.3 is 20.9 Å². The van der Waals surface area contributed by atoms with Crippen molar-refractivity contribution in [2.24, 2.45) is 0 Å². The highest BCUT2D eigenvalue weighted by Gasteiger charge is 2.18. The van der Waals surface area contributed by atoms with E-state index in [-0.39, 0.29) is 34.7 Å². The predicted molar refractivity (Wildman–Crippen MR) is 108 cm³/mol. The van der Waals surface area contributed by atoms with Gasteiger partial charge in [-0.2, -0.15) is 10.2 Å². The van der Waals surface area contributed by atoms with Crippen LogP contribution in [-0.2, 0) is 6.61 Å². The van der Waals surface area contributed by atoms with Gasteiger partial charge in [0.05, 0.1) is 17.8 Å². The molecule has 1 aromatic heterocycles. The van der Waals surface area contributed by atoms with E-state index in [1.807, 2.05) is 24.3 Å². The Bertz CT molecular complexity index is 1080. The topological polar surface area (TPSA) is 120 Å². The highest BCUT2D eigenvalue weighted by molar-refractivity contribution is 6.32. The van der Waals surface area contributed by atoms with E-state index in [2.05, 4.69) is 9.97 Å². The molecule has 1 heterocycles. The molecule has 0 saturated heterocycles. The molecule has 28 heavy (non-hydrogen) atoms. The summed E-state index contributed by atoms with van der Waals surface area (Å²) in [4.78, 5) is 7.92. The van der Waals surface area contributed by atoms with Crippen LogP contribution in [0.3, 0.4) is 0 Å². The van der Waals surface area contributed by atoms with E-state index in [1.165, 1.54) is 7.11 Å². The van der Waals surface area contributed by atoms with E-state index >= 15 is 0 Å². The summed E-state index contributed by atoms with van der Waals surface area (Å²) in [5.74, 6) is 0.621. The summed E-state index contributed by atoms with van der Waals surface area (Å²) in [5.41, 5.74) is 13.1. The fourth-order valence-electron chi connectivity index (χ4n) is 2.58. The molecule has 142 valence electrons. The zero-order valence-electron chi connectivity index (χ0n) is 14.7. The average Bonchev–Trinajstić information content (AvgIpc) is 2.67. The lowest BCUT2D eigenvalue weighted by Gasteiger charge is -2.15. The Balaban J connectivity index is 2.02. The minimum atomic E-state index is -0.0550. The van der Waals surface area contributed by atoms with Crippen LogP contribution < -0.4 is 20.9 Å². The summed E-state index contributed by atoms with van der Waals surface area (Å²) in [6.45, 7) is 0.200. The first-order chi connectivity index (χ1) is 13.4. The predicted octanol–water partition coefficient (Wildman–Crippen LogP) is 4.07. The first-order valence-electron chi connectivity index (χ1n) is 8.01. The van der Waals surface area contributed by atoms with Gasteiger partial charge in [0.2, 0.25) is 5.95 Å². The molecule has 0 aliphatic carbocycles. The lowest BCUT2D eigenvalue weighted by molar-refractivity contribution is 0.285. The summed E-state index contributed by atoms with van der Waals surface area (Å²) in [6.07, 6.45) is 0. The number of ether oxygens (including phenoxy) is 2. The van der Waals surface area contributed by atoms with Crippen LogP contribution in [0.25, 0.3) is 11.3 Å². The third-order valence-corrected chi connectivity index (χ3v) is 4.55. The van der Waals surface area contributed by atoms with Gasteiger partial charge in [0.25, 0.3) is 0 Å². The van der Waals surface area contributed by atoms with Gasteiger partial charge in [0, 0.05) is 16.1 Å². The molecule has 0 fully saturated rings. The first kappa shape index (κ1) is 19.5. The maximum absolute atomic E-state index is 9.39. The minimum Gasteiger partial charge on any atom is -0.493 e. The normalized spacial score (nSPS) is 10.4. The Labute approximate surface area is 171 Å². The molecule has 2 aromatic carbocycles. The Morgan fingerprint density at radius 1 is 1.11 bits per heavy atom. The average molecular weight is 416 g/mol. The van der Waals surface area contributed by atoms with Gasteiger partial charge in [0.1, 0.15) is 24.1 Å². The van der Waals surface area contributed by atoms with Gasteiger partial charge in [0.15, 0.2) is 11.5 Å². The second-order valence-corrected chi connectivity index (χ2v) is 6.49. The van der Waals surface area contributed by atoms with E-state index in [4.69, 9.17) is 44.1 Å². The van der Waals surface area contributed by atoms with E-state index in [0.29, 0.717) is 22.1 Å².